The first-order valence-corrected chi connectivity index (χ1v) is 11.6. The van der Waals surface area contributed by atoms with Gasteiger partial charge in [-0.2, -0.15) is 0 Å². The Hall–Kier alpha value is -3.30. The van der Waals surface area contributed by atoms with Crippen LogP contribution in [0, 0.1) is 0 Å². The zero-order valence-electron chi connectivity index (χ0n) is 19.5. The summed E-state index contributed by atoms with van der Waals surface area (Å²) in [6.07, 6.45) is 0.965. The lowest BCUT2D eigenvalue weighted by Crippen LogP contribution is -2.41. The van der Waals surface area contributed by atoms with Crippen LogP contribution in [0.15, 0.2) is 48.5 Å². The molecule has 1 heterocycles. The van der Waals surface area contributed by atoms with Crippen molar-refractivity contribution in [3.8, 4) is 5.75 Å². The van der Waals surface area contributed by atoms with Crippen LogP contribution < -0.4 is 20.7 Å². The zero-order chi connectivity index (χ0) is 24.3. The Morgan fingerprint density at radius 2 is 1.85 bits per heavy atom. The molecule has 0 bridgehead atoms. The van der Waals surface area contributed by atoms with E-state index in [1.54, 1.807) is 24.3 Å². The second-order valence-corrected chi connectivity index (χ2v) is 8.51. The molecule has 0 aromatic heterocycles. The third-order valence-electron chi connectivity index (χ3n) is 5.66. The second kappa shape index (κ2) is 12.8. The number of likely N-dealkylation sites (tertiary alicyclic amines) is 1. The number of carbonyl (C=O) groups excluding carboxylic acids is 1. The molecule has 9 nitrogen and oxygen atoms in total. The number of hydrogen-bond donors (Lipinski definition) is 5. The number of nitrogens with zero attached hydrogens (tertiary/aromatic N) is 1. The number of aliphatic hydroxyl groups excluding tert-OH is 1. The summed E-state index contributed by atoms with van der Waals surface area (Å²) >= 11 is 0. The highest BCUT2D eigenvalue weighted by molar-refractivity contribution is 5.88. The Bertz CT molecular complexity index is 929. The van der Waals surface area contributed by atoms with Gasteiger partial charge in [-0.3, -0.25) is 4.79 Å². The number of carboxylic acid groups (broad SMARTS) is 1. The smallest absolute Gasteiger partial charge is 0.407 e. The molecule has 0 saturated carbocycles. The fraction of sp³-hybridized carbons (Fsp3) is 0.440. The maximum atomic E-state index is 11.1. The number of amides is 2. The number of piperidine rings is 1. The topological polar surface area (TPSA) is 123 Å². The number of aliphatic hydroxyl groups is 1. The molecule has 1 saturated heterocycles. The molecule has 1 aliphatic heterocycles. The van der Waals surface area contributed by atoms with E-state index in [2.05, 4.69) is 40.2 Å². The normalized spacial score (nSPS) is 14.9. The fourth-order valence-corrected chi connectivity index (χ4v) is 3.84. The number of hydrogen-bond acceptors (Lipinski definition) is 6. The Morgan fingerprint density at radius 3 is 2.53 bits per heavy atom. The van der Waals surface area contributed by atoms with Gasteiger partial charge in [-0.05, 0) is 55.6 Å². The van der Waals surface area contributed by atoms with Crippen molar-refractivity contribution in [1.29, 1.82) is 0 Å². The van der Waals surface area contributed by atoms with Crippen LogP contribution in [0.2, 0.25) is 0 Å². The highest BCUT2D eigenvalue weighted by Gasteiger charge is 2.21. The van der Waals surface area contributed by atoms with E-state index in [4.69, 9.17) is 9.84 Å². The lowest BCUT2D eigenvalue weighted by atomic mass is 10.0. The number of ether oxygens (including phenoxy) is 1. The van der Waals surface area contributed by atoms with Gasteiger partial charge >= 0.3 is 6.09 Å². The summed E-state index contributed by atoms with van der Waals surface area (Å²) in [6, 6.07) is 15.6. The third kappa shape index (κ3) is 8.57. The molecule has 5 N–H and O–H groups in total. The monoisotopic (exact) mass is 470 g/mol. The SMILES string of the molecule is CC(=O)Nc1cccc(OC[C@@H](O)CNCCc2ccc(NC3CCN(C(=O)O)CC3)cc2)c1. The number of nitrogens with one attached hydrogen (secondary N) is 3. The van der Waals surface area contributed by atoms with E-state index in [0.717, 1.165) is 31.5 Å². The first-order valence-electron chi connectivity index (χ1n) is 11.6. The van der Waals surface area contributed by atoms with Crippen molar-refractivity contribution < 1.29 is 24.5 Å². The maximum absolute atomic E-state index is 11.1. The molecule has 0 unspecified atom stereocenters. The van der Waals surface area contributed by atoms with Gasteiger partial charge in [0.1, 0.15) is 18.5 Å². The minimum Gasteiger partial charge on any atom is -0.491 e. The van der Waals surface area contributed by atoms with Gasteiger partial charge in [0.15, 0.2) is 0 Å². The molecule has 1 fully saturated rings. The van der Waals surface area contributed by atoms with Crippen LogP contribution in [-0.2, 0) is 11.2 Å². The number of benzene rings is 2. The minimum atomic E-state index is -0.843. The molecule has 0 radical (unpaired) electrons. The third-order valence-corrected chi connectivity index (χ3v) is 5.66. The number of anilines is 2. The summed E-state index contributed by atoms with van der Waals surface area (Å²) < 4.78 is 5.62. The first-order chi connectivity index (χ1) is 16.4. The quantitative estimate of drug-likeness (QED) is 0.320. The second-order valence-electron chi connectivity index (χ2n) is 8.51. The van der Waals surface area contributed by atoms with E-state index in [9.17, 15) is 14.7 Å². The molecule has 1 atom stereocenters. The molecule has 1 aliphatic rings. The summed E-state index contributed by atoms with van der Waals surface area (Å²) in [6.45, 7) is 3.88. The van der Waals surface area contributed by atoms with E-state index in [1.165, 1.54) is 17.4 Å². The largest absolute Gasteiger partial charge is 0.491 e. The standard InChI is InChI=1S/C25H34N4O5/c1-18(30)27-22-3-2-4-24(15-22)34-17-23(31)16-26-12-9-19-5-7-20(8-6-19)28-21-10-13-29(14-11-21)25(32)33/h2-8,15,21,23,26,28,31H,9-14,16-17H2,1H3,(H,27,30)(H,32,33)/t23-/m0/s1. The van der Waals surface area contributed by atoms with E-state index in [0.29, 0.717) is 37.1 Å². The Morgan fingerprint density at radius 1 is 1.12 bits per heavy atom. The Kier molecular flexibility index (Phi) is 9.54. The van der Waals surface area contributed by atoms with Crippen molar-refractivity contribution in [2.75, 3.05) is 43.4 Å². The molecule has 2 aromatic carbocycles. The van der Waals surface area contributed by atoms with E-state index in [-0.39, 0.29) is 12.5 Å². The Labute approximate surface area is 200 Å². The van der Waals surface area contributed by atoms with Crippen LogP contribution in [0.25, 0.3) is 0 Å². The van der Waals surface area contributed by atoms with Crippen LogP contribution >= 0.6 is 0 Å². The lowest BCUT2D eigenvalue weighted by Gasteiger charge is -2.31. The van der Waals surface area contributed by atoms with E-state index >= 15 is 0 Å². The van der Waals surface area contributed by atoms with Crippen molar-refractivity contribution in [3.63, 3.8) is 0 Å². The van der Waals surface area contributed by atoms with Crippen molar-refractivity contribution >= 4 is 23.4 Å². The van der Waals surface area contributed by atoms with Crippen LogP contribution in [0.1, 0.15) is 25.3 Å². The summed E-state index contributed by atoms with van der Waals surface area (Å²) in [7, 11) is 0. The van der Waals surface area contributed by atoms with Crippen molar-refractivity contribution in [3.05, 3.63) is 54.1 Å². The van der Waals surface area contributed by atoms with E-state index in [1.807, 2.05) is 0 Å². The average molecular weight is 471 g/mol. The van der Waals surface area contributed by atoms with Gasteiger partial charge in [-0.15, -0.1) is 0 Å². The van der Waals surface area contributed by atoms with Gasteiger partial charge in [0.05, 0.1) is 0 Å². The predicted octanol–water partition coefficient (Wildman–Crippen LogP) is 2.77. The van der Waals surface area contributed by atoms with Crippen LogP contribution in [0.4, 0.5) is 16.2 Å². The average Bonchev–Trinajstić information content (AvgIpc) is 2.82. The van der Waals surface area contributed by atoms with Crippen molar-refractivity contribution in [2.45, 2.75) is 38.3 Å². The molecular formula is C25H34N4O5. The fourth-order valence-electron chi connectivity index (χ4n) is 3.84. The van der Waals surface area contributed by atoms with Gasteiger partial charge in [0.2, 0.25) is 5.91 Å². The van der Waals surface area contributed by atoms with Crippen molar-refractivity contribution in [1.82, 2.24) is 10.2 Å². The van der Waals surface area contributed by atoms with Crippen LogP contribution in [-0.4, -0.2) is 72.0 Å². The molecule has 3 rings (SSSR count). The molecule has 2 aromatic rings. The summed E-state index contributed by atoms with van der Waals surface area (Å²) in [4.78, 5) is 23.6. The highest BCUT2D eigenvalue weighted by Crippen LogP contribution is 2.18. The summed E-state index contributed by atoms with van der Waals surface area (Å²) in [5.74, 6) is 0.442. The molecule has 184 valence electrons. The van der Waals surface area contributed by atoms with Gasteiger partial charge in [-0.25, -0.2) is 4.79 Å². The highest BCUT2D eigenvalue weighted by atomic mass is 16.5. The summed E-state index contributed by atoms with van der Waals surface area (Å²) in [5, 5.41) is 28.6. The molecular weight excluding hydrogens is 436 g/mol. The van der Waals surface area contributed by atoms with Gasteiger partial charge in [-0.1, -0.05) is 18.2 Å². The minimum absolute atomic E-state index is 0.148. The number of carbonyl (C=O) groups is 2. The molecule has 2 amide bonds. The maximum Gasteiger partial charge on any atom is 0.407 e. The molecule has 9 heteroatoms. The molecule has 34 heavy (non-hydrogen) atoms. The number of rotatable bonds is 11. The lowest BCUT2D eigenvalue weighted by molar-refractivity contribution is -0.114. The van der Waals surface area contributed by atoms with Crippen molar-refractivity contribution in [2.24, 2.45) is 0 Å². The van der Waals surface area contributed by atoms with Gasteiger partial charge in [0.25, 0.3) is 0 Å². The molecule has 0 aliphatic carbocycles. The predicted molar refractivity (Wildman–Crippen MR) is 132 cm³/mol. The van der Waals surface area contributed by atoms with E-state index < -0.39 is 12.2 Å². The summed E-state index contributed by atoms with van der Waals surface area (Å²) in [5.41, 5.74) is 2.89. The Balaban J connectivity index is 1.30. The van der Waals surface area contributed by atoms with Gasteiger partial charge < -0.3 is 35.8 Å². The first kappa shape index (κ1) is 25.3. The van der Waals surface area contributed by atoms with Crippen LogP contribution in [0.3, 0.4) is 0 Å². The zero-order valence-corrected chi connectivity index (χ0v) is 19.5. The van der Waals surface area contributed by atoms with Gasteiger partial charge in [0, 0.05) is 50.0 Å². The molecule has 0 spiro atoms. The van der Waals surface area contributed by atoms with Crippen LogP contribution in [0.5, 0.6) is 5.75 Å².